The molecule has 0 radical (unpaired) electrons. The van der Waals surface area contributed by atoms with Gasteiger partial charge in [0.25, 0.3) is 10.0 Å². The van der Waals surface area contributed by atoms with Gasteiger partial charge < -0.3 is 5.73 Å². The van der Waals surface area contributed by atoms with Gasteiger partial charge in [-0.2, -0.15) is 4.31 Å². The summed E-state index contributed by atoms with van der Waals surface area (Å²) in [5.74, 6) is -0.109. The van der Waals surface area contributed by atoms with Gasteiger partial charge in [-0.25, -0.2) is 8.42 Å². The summed E-state index contributed by atoms with van der Waals surface area (Å²) in [6, 6.07) is 3.34. The van der Waals surface area contributed by atoms with E-state index in [9.17, 15) is 13.2 Å². The Morgan fingerprint density at radius 3 is 2.53 bits per heavy atom. The van der Waals surface area contributed by atoms with E-state index in [1.54, 1.807) is 12.1 Å². The Hall–Kier alpha value is -0.440. The second-order valence-corrected chi connectivity index (χ2v) is 9.20. The zero-order valence-electron chi connectivity index (χ0n) is 10.2. The second-order valence-electron chi connectivity index (χ2n) is 4.58. The van der Waals surface area contributed by atoms with E-state index in [1.807, 2.05) is 0 Å². The van der Waals surface area contributed by atoms with Gasteiger partial charge in [0.1, 0.15) is 4.21 Å². The molecule has 19 heavy (non-hydrogen) atoms. The predicted molar refractivity (Wildman–Crippen MR) is 77.3 cm³/mol. The van der Waals surface area contributed by atoms with E-state index in [2.05, 4.69) is 15.9 Å². The van der Waals surface area contributed by atoms with Gasteiger partial charge in [0.2, 0.25) is 5.91 Å². The summed E-state index contributed by atoms with van der Waals surface area (Å²) in [7, 11) is -3.39. The van der Waals surface area contributed by atoms with E-state index in [4.69, 9.17) is 5.73 Å². The van der Waals surface area contributed by atoms with Gasteiger partial charge in [0.05, 0.1) is 3.79 Å². The van der Waals surface area contributed by atoms with Gasteiger partial charge in [-0.3, -0.25) is 4.79 Å². The normalized spacial score (nSPS) is 18.6. The Labute approximate surface area is 125 Å². The van der Waals surface area contributed by atoms with Crippen LogP contribution in [-0.2, 0) is 14.8 Å². The average Bonchev–Trinajstić information content (AvgIpc) is 2.76. The lowest BCUT2D eigenvalue weighted by Crippen LogP contribution is -2.38. The summed E-state index contributed by atoms with van der Waals surface area (Å²) in [4.78, 5) is 10.9. The third kappa shape index (κ3) is 3.56. The molecule has 1 aliphatic heterocycles. The first kappa shape index (κ1) is 15.0. The number of amides is 1. The van der Waals surface area contributed by atoms with Crippen LogP contribution in [0.25, 0.3) is 0 Å². The van der Waals surface area contributed by atoms with Gasteiger partial charge in [-0.05, 0) is 46.8 Å². The second kappa shape index (κ2) is 5.90. The zero-order chi connectivity index (χ0) is 14.0. The minimum absolute atomic E-state index is 0.207. The number of thiophene rings is 1. The number of piperidine rings is 1. The molecule has 0 unspecified atom stereocenters. The summed E-state index contributed by atoms with van der Waals surface area (Å²) in [6.45, 7) is 0.908. The smallest absolute Gasteiger partial charge is 0.252 e. The van der Waals surface area contributed by atoms with Crippen LogP contribution in [0.4, 0.5) is 0 Å². The lowest BCUT2D eigenvalue weighted by atomic mass is 9.94. The standard InChI is InChI=1S/C11H15BrN2O3S2/c12-9-1-2-11(18-9)19(16,17)14-5-3-8(4-6-14)7-10(13)15/h1-2,8H,3-7H2,(H2,13,15). The number of carbonyl (C=O) groups excluding carboxylic acids is 1. The highest BCUT2D eigenvalue weighted by Crippen LogP contribution is 2.31. The molecule has 2 heterocycles. The maximum Gasteiger partial charge on any atom is 0.252 e. The van der Waals surface area contributed by atoms with Gasteiger partial charge in [0, 0.05) is 19.5 Å². The number of nitrogens with zero attached hydrogens (tertiary/aromatic N) is 1. The molecule has 0 aliphatic carbocycles. The Morgan fingerprint density at radius 1 is 1.42 bits per heavy atom. The van der Waals surface area contributed by atoms with E-state index in [0.29, 0.717) is 36.6 Å². The summed E-state index contributed by atoms with van der Waals surface area (Å²) in [5, 5.41) is 0. The molecule has 1 saturated heterocycles. The van der Waals surface area contributed by atoms with Crippen molar-refractivity contribution in [1.29, 1.82) is 0 Å². The van der Waals surface area contributed by atoms with Crippen molar-refractivity contribution >= 4 is 43.2 Å². The van der Waals surface area contributed by atoms with Crippen LogP contribution in [-0.4, -0.2) is 31.7 Å². The first-order valence-electron chi connectivity index (χ1n) is 5.93. The van der Waals surface area contributed by atoms with Crippen LogP contribution in [0.1, 0.15) is 19.3 Å². The third-order valence-electron chi connectivity index (χ3n) is 3.21. The highest BCUT2D eigenvalue weighted by Gasteiger charge is 2.30. The number of nitrogens with two attached hydrogens (primary N) is 1. The SMILES string of the molecule is NC(=O)CC1CCN(S(=O)(=O)c2ccc(Br)s2)CC1. The van der Waals surface area contributed by atoms with E-state index < -0.39 is 10.0 Å². The van der Waals surface area contributed by atoms with Gasteiger partial charge >= 0.3 is 0 Å². The number of hydrogen-bond acceptors (Lipinski definition) is 4. The van der Waals surface area contributed by atoms with Crippen molar-refractivity contribution in [3.8, 4) is 0 Å². The number of sulfonamides is 1. The van der Waals surface area contributed by atoms with Gasteiger partial charge in [-0.15, -0.1) is 11.3 Å². The molecule has 0 saturated carbocycles. The fourth-order valence-corrected chi connectivity index (χ4v) is 5.84. The molecule has 1 aromatic rings. The molecule has 2 rings (SSSR count). The fraction of sp³-hybridized carbons (Fsp3) is 0.545. The topological polar surface area (TPSA) is 80.5 Å². The molecule has 1 aliphatic rings. The third-order valence-corrected chi connectivity index (χ3v) is 7.20. The monoisotopic (exact) mass is 366 g/mol. The minimum Gasteiger partial charge on any atom is -0.370 e. The highest BCUT2D eigenvalue weighted by atomic mass is 79.9. The van der Waals surface area contributed by atoms with E-state index in [-0.39, 0.29) is 11.8 Å². The zero-order valence-corrected chi connectivity index (χ0v) is 13.4. The molecule has 8 heteroatoms. The largest absolute Gasteiger partial charge is 0.370 e. The Morgan fingerprint density at radius 2 is 2.05 bits per heavy atom. The minimum atomic E-state index is -3.39. The summed E-state index contributed by atoms with van der Waals surface area (Å²) < 4.78 is 27.4. The molecule has 5 nitrogen and oxygen atoms in total. The Balaban J connectivity index is 2.03. The van der Waals surface area contributed by atoms with Crippen LogP contribution in [0.2, 0.25) is 0 Å². The Kier molecular flexibility index (Phi) is 4.65. The molecule has 1 aromatic heterocycles. The highest BCUT2D eigenvalue weighted by molar-refractivity contribution is 9.11. The van der Waals surface area contributed by atoms with Crippen LogP contribution in [0.15, 0.2) is 20.1 Å². The summed E-state index contributed by atoms with van der Waals surface area (Å²) >= 11 is 4.48. The molecule has 0 aromatic carbocycles. The number of halogens is 1. The van der Waals surface area contributed by atoms with Crippen LogP contribution in [0.5, 0.6) is 0 Å². The molecule has 0 bridgehead atoms. The van der Waals surface area contributed by atoms with Gasteiger partial charge in [-0.1, -0.05) is 0 Å². The number of carbonyl (C=O) groups is 1. The quantitative estimate of drug-likeness (QED) is 0.881. The van der Waals surface area contributed by atoms with Crippen molar-refractivity contribution in [2.75, 3.05) is 13.1 Å². The summed E-state index contributed by atoms with van der Waals surface area (Å²) in [6.07, 6.45) is 1.72. The average molecular weight is 367 g/mol. The van der Waals surface area contributed by atoms with E-state index in [1.165, 1.54) is 15.6 Å². The van der Waals surface area contributed by atoms with E-state index in [0.717, 1.165) is 3.79 Å². The predicted octanol–water partition coefficient (Wildman–Crippen LogP) is 1.79. The molecule has 0 spiro atoms. The van der Waals surface area contributed by atoms with Crippen LogP contribution >= 0.6 is 27.3 Å². The fourth-order valence-electron chi connectivity index (χ4n) is 2.20. The van der Waals surface area contributed by atoms with Crippen molar-refractivity contribution in [3.63, 3.8) is 0 Å². The Bertz CT molecular complexity index is 562. The number of hydrogen-bond donors (Lipinski definition) is 1. The molecule has 2 N–H and O–H groups in total. The van der Waals surface area contributed by atoms with Crippen molar-refractivity contribution in [1.82, 2.24) is 4.31 Å². The van der Waals surface area contributed by atoms with Crippen LogP contribution < -0.4 is 5.73 Å². The molecular weight excluding hydrogens is 352 g/mol. The van der Waals surface area contributed by atoms with E-state index >= 15 is 0 Å². The first-order chi connectivity index (χ1) is 8.89. The molecular formula is C11H15BrN2O3S2. The number of rotatable bonds is 4. The van der Waals surface area contributed by atoms with Crippen molar-refractivity contribution in [3.05, 3.63) is 15.9 Å². The van der Waals surface area contributed by atoms with Gasteiger partial charge in [0.15, 0.2) is 0 Å². The van der Waals surface area contributed by atoms with Crippen molar-refractivity contribution < 1.29 is 13.2 Å². The van der Waals surface area contributed by atoms with Crippen LogP contribution in [0.3, 0.4) is 0 Å². The van der Waals surface area contributed by atoms with Crippen molar-refractivity contribution in [2.45, 2.75) is 23.5 Å². The molecule has 1 amide bonds. The lowest BCUT2D eigenvalue weighted by Gasteiger charge is -2.30. The molecule has 106 valence electrons. The first-order valence-corrected chi connectivity index (χ1v) is 8.98. The molecule has 0 atom stereocenters. The maximum atomic E-state index is 12.4. The summed E-state index contributed by atoms with van der Waals surface area (Å²) in [5.41, 5.74) is 5.16. The maximum absolute atomic E-state index is 12.4. The van der Waals surface area contributed by atoms with Crippen molar-refractivity contribution in [2.24, 2.45) is 11.7 Å². The number of primary amides is 1. The lowest BCUT2D eigenvalue weighted by molar-refractivity contribution is -0.119. The van der Waals surface area contributed by atoms with Crippen LogP contribution in [0, 0.1) is 5.92 Å². The molecule has 1 fully saturated rings.